The van der Waals surface area contributed by atoms with Crippen LogP contribution in [-0.4, -0.2) is 24.7 Å². The average molecular weight is 498 g/mol. The van der Waals surface area contributed by atoms with E-state index in [-0.39, 0.29) is 0 Å². The van der Waals surface area contributed by atoms with Gasteiger partial charge in [0.25, 0.3) is 0 Å². The summed E-state index contributed by atoms with van der Waals surface area (Å²) in [6.07, 6.45) is 0. The highest BCUT2D eigenvalue weighted by atomic mass is 79.9. The van der Waals surface area contributed by atoms with Gasteiger partial charge in [-0.25, -0.2) is 9.78 Å². The summed E-state index contributed by atoms with van der Waals surface area (Å²) in [6, 6.07) is 5.71. The molecule has 21 heavy (non-hydrogen) atoms. The number of rotatable bonds is 1. The first-order chi connectivity index (χ1) is 9.92. The second kappa shape index (κ2) is 5.64. The smallest absolute Gasteiger partial charge is 0.367 e. The molecule has 1 aliphatic rings. The van der Waals surface area contributed by atoms with E-state index in [9.17, 15) is 4.79 Å². The number of fused-ring (bicyclic) bond motifs is 3. The molecule has 4 nitrogen and oxygen atoms in total. The highest BCUT2D eigenvalue weighted by Crippen LogP contribution is 2.50. The molecular weight excluding hydrogens is 490 g/mol. The fraction of sp³-hybridized carbons (Fsp3) is 0.231. The van der Waals surface area contributed by atoms with Crippen LogP contribution < -0.4 is 4.74 Å². The second-order valence-electron chi connectivity index (χ2n) is 4.32. The lowest BCUT2D eigenvalue weighted by atomic mass is 10.1. The molecule has 3 rings (SSSR count). The number of nitrogens with zero attached hydrogens (tertiary/aromatic N) is 1. The molecule has 2 heterocycles. The van der Waals surface area contributed by atoms with Gasteiger partial charge in [0, 0.05) is 10.0 Å². The van der Waals surface area contributed by atoms with Crippen molar-refractivity contribution in [3.05, 3.63) is 32.6 Å². The molecule has 8 heteroatoms. The number of alkyl halides is 2. The van der Waals surface area contributed by atoms with Crippen LogP contribution >= 0.6 is 59.1 Å². The molecule has 1 aromatic carbocycles. The Kier molecular flexibility index (Phi) is 4.15. The Labute approximate surface area is 150 Å². The van der Waals surface area contributed by atoms with Crippen LogP contribution in [0.4, 0.5) is 0 Å². The van der Waals surface area contributed by atoms with Gasteiger partial charge in [0.1, 0.15) is 12.4 Å². The average Bonchev–Trinajstić information content (AvgIpc) is 2.87. The number of aromatic nitrogens is 1. The van der Waals surface area contributed by atoms with E-state index in [0.29, 0.717) is 17.3 Å². The molecule has 0 unspecified atom stereocenters. The number of methoxy groups -OCH3 is 1. The van der Waals surface area contributed by atoms with Gasteiger partial charge in [-0.1, -0.05) is 47.8 Å². The molecule has 0 amide bonds. The third kappa shape index (κ3) is 2.78. The number of ether oxygens (including phenoxy) is 2. The van der Waals surface area contributed by atoms with Gasteiger partial charge in [0.2, 0.25) is 5.01 Å². The zero-order chi connectivity index (χ0) is 15.2. The summed E-state index contributed by atoms with van der Waals surface area (Å²) in [7, 11) is 1.35. The minimum absolute atomic E-state index is 0.318. The van der Waals surface area contributed by atoms with E-state index in [1.54, 1.807) is 0 Å². The van der Waals surface area contributed by atoms with Crippen molar-refractivity contribution in [3.8, 4) is 17.0 Å². The Morgan fingerprint density at radius 2 is 2.24 bits per heavy atom. The number of thiazole rings is 1. The predicted molar refractivity (Wildman–Crippen MR) is 91.6 cm³/mol. The topological polar surface area (TPSA) is 48.4 Å². The zero-order valence-corrected chi connectivity index (χ0v) is 16.2. The van der Waals surface area contributed by atoms with E-state index in [4.69, 9.17) is 9.47 Å². The number of carbonyl (C=O) groups excluding carboxylic acids is 1. The van der Waals surface area contributed by atoms with Crippen LogP contribution in [0.3, 0.4) is 0 Å². The van der Waals surface area contributed by atoms with Gasteiger partial charge >= 0.3 is 5.97 Å². The lowest BCUT2D eigenvalue weighted by molar-refractivity contribution is 0.0600. The van der Waals surface area contributed by atoms with Crippen molar-refractivity contribution in [1.82, 2.24) is 4.98 Å². The number of hydrogen-bond acceptors (Lipinski definition) is 5. The second-order valence-corrected chi connectivity index (χ2v) is 10.0. The third-order valence-corrected chi connectivity index (χ3v) is 6.39. The fourth-order valence-electron chi connectivity index (χ4n) is 1.97. The van der Waals surface area contributed by atoms with Gasteiger partial charge in [0.05, 0.1) is 17.7 Å². The van der Waals surface area contributed by atoms with Gasteiger partial charge in [-0.15, -0.1) is 11.3 Å². The summed E-state index contributed by atoms with van der Waals surface area (Å²) in [6.45, 7) is 0.372. The van der Waals surface area contributed by atoms with Gasteiger partial charge < -0.3 is 9.47 Å². The molecule has 0 bridgehead atoms. The molecule has 0 spiro atoms. The van der Waals surface area contributed by atoms with Gasteiger partial charge in [-0.05, 0) is 18.2 Å². The lowest BCUT2D eigenvalue weighted by Gasteiger charge is -2.16. The van der Waals surface area contributed by atoms with Crippen molar-refractivity contribution >= 4 is 65.1 Å². The normalized spacial score (nSPS) is 15.4. The molecule has 0 fully saturated rings. The Morgan fingerprint density at radius 1 is 1.48 bits per heavy atom. The maximum absolute atomic E-state index is 11.8. The molecule has 0 radical (unpaired) electrons. The SMILES string of the molecule is COC(=O)c1nc2c(s1)C(Br)(Br)COc1ccc(Br)cc1-2. The van der Waals surface area contributed by atoms with Crippen LogP contribution in [0.2, 0.25) is 0 Å². The van der Waals surface area contributed by atoms with E-state index in [1.165, 1.54) is 18.4 Å². The Bertz CT molecular complexity index is 729. The molecule has 0 N–H and O–H groups in total. The first-order valence-corrected chi connectivity index (χ1v) is 9.02. The monoisotopic (exact) mass is 495 g/mol. The molecule has 0 saturated heterocycles. The highest BCUT2D eigenvalue weighted by molar-refractivity contribution is 9.24. The first kappa shape index (κ1) is 15.5. The summed E-state index contributed by atoms with van der Waals surface area (Å²) in [5.74, 6) is 0.281. The summed E-state index contributed by atoms with van der Waals surface area (Å²) in [5, 5.41) is 0.318. The standard InChI is InChI=1S/C13H8Br3NO3S/c1-19-12(18)11-17-9-7-4-6(14)2-3-8(7)20-5-13(15,16)10(9)21-11/h2-4H,5H2,1H3. The van der Waals surface area contributed by atoms with E-state index >= 15 is 0 Å². The van der Waals surface area contributed by atoms with Crippen molar-refractivity contribution in [1.29, 1.82) is 0 Å². The third-order valence-electron chi connectivity index (χ3n) is 2.93. The summed E-state index contributed by atoms with van der Waals surface area (Å²) < 4.78 is 10.9. The van der Waals surface area contributed by atoms with E-state index in [2.05, 4.69) is 52.8 Å². The predicted octanol–water partition coefficient (Wildman–Crippen LogP) is 4.69. The van der Waals surface area contributed by atoms with E-state index < -0.39 is 9.20 Å². The van der Waals surface area contributed by atoms with Crippen LogP contribution in [0.1, 0.15) is 14.7 Å². The van der Waals surface area contributed by atoms with E-state index in [1.807, 2.05) is 18.2 Å². The number of benzene rings is 1. The van der Waals surface area contributed by atoms with Gasteiger partial charge in [-0.2, -0.15) is 0 Å². The van der Waals surface area contributed by atoms with Crippen LogP contribution in [0, 0.1) is 0 Å². The molecule has 110 valence electrons. The molecule has 1 aromatic heterocycles. The highest BCUT2D eigenvalue weighted by Gasteiger charge is 2.37. The minimum Gasteiger partial charge on any atom is -0.490 e. The Balaban J connectivity index is 2.26. The molecule has 2 aromatic rings. The van der Waals surface area contributed by atoms with Crippen molar-refractivity contribution in [2.45, 2.75) is 3.23 Å². The van der Waals surface area contributed by atoms with Crippen LogP contribution in [0.25, 0.3) is 11.3 Å². The van der Waals surface area contributed by atoms with Crippen molar-refractivity contribution < 1.29 is 14.3 Å². The summed E-state index contributed by atoms with van der Waals surface area (Å²) in [4.78, 5) is 17.1. The zero-order valence-electron chi connectivity index (χ0n) is 10.7. The molecular formula is C13H8Br3NO3S. The van der Waals surface area contributed by atoms with Crippen LogP contribution in [-0.2, 0) is 7.97 Å². The Hall–Kier alpha value is -0.440. The van der Waals surface area contributed by atoms with E-state index in [0.717, 1.165) is 20.7 Å². The van der Waals surface area contributed by atoms with Crippen molar-refractivity contribution in [3.63, 3.8) is 0 Å². The van der Waals surface area contributed by atoms with Crippen LogP contribution in [0.5, 0.6) is 5.75 Å². The van der Waals surface area contributed by atoms with Crippen LogP contribution in [0.15, 0.2) is 22.7 Å². The minimum atomic E-state index is -0.592. The lowest BCUT2D eigenvalue weighted by Crippen LogP contribution is -2.17. The molecule has 0 atom stereocenters. The van der Waals surface area contributed by atoms with Gasteiger partial charge in [0.15, 0.2) is 3.23 Å². The molecule has 1 aliphatic heterocycles. The largest absolute Gasteiger partial charge is 0.490 e. The maximum atomic E-state index is 11.8. The Morgan fingerprint density at radius 3 is 2.95 bits per heavy atom. The first-order valence-electron chi connectivity index (χ1n) is 5.82. The number of hydrogen-bond donors (Lipinski definition) is 0. The number of halogens is 3. The summed E-state index contributed by atoms with van der Waals surface area (Å²) in [5.41, 5.74) is 1.55. The molecule has 0 aliphatic carbocycles. The van der Waals surface area contributed by atoms with Crippen molar-refractivity contribution in [2.75, 3.05) is 13.7 Å². The fourth-order valence-corrected chi connectivity index (χ4v) is 4.38. The maximum Gasteiger partial charge on any atom is 0.367 e. The van der Waals surface area contributed by atoms with Gasteiger partial charge in [-0.3, -0.25) is 0 Å². The summed E-state index contributed by atoms with van der Waals surface area (Å²) >= 11 is 11.9. The van der Waals surface area contributed by atoms with Crippen molar-refractivity contribution in [2.24, 2.45) is 0 Å². The quantitative estimate of drug-likeness (QED) is 0.423. The number of carbonyl (C=O) groups is 1. The molecule has 0 saturated carbocycles. The number of esters is 1.